The predicted octanol–water partition coefficient (Wildman–Crippen LogP) is 16.5. The number of anilines is 6. The number of nitriles is 2. The van der Waals surface area contributed by atoms with E-state index in [4.69, 9.17) is 0 Å². The van der Waals surface area contributed by atoms with E-state index in [1.54, 1.807) is 0 Å². The Morgan fingerprint density at radius 3 is 1.27 bits per heavy atom. The summed E-state index contributed by atoms with van der Waals surface area (Å²) in [6, 6.07) is 65.5. The first-order chi connectivity index (χ1) is 31.1. The Kier molecular flexibility index (Phi) is 9.94. The Bertz CT molecular complexity index is 3520. The molecule has 0 aromatic heterocycles. The molecule has 0 atom stereocenters. The molecule has 10 aromatic carbocycles. The number of rotatable bonds is 8. The lowest BCUT2D eigenvalue weighted by molar-refractivity contribution is 1.25. The van der Waals surface area contributed by atoms with Crippen LogP contribution in [0.4, 0.5) is 34.1 Å². The van der Waals surface area contributed by atoms with Crippen LogP contribution in [0.25, 0.3) is 54.6 Å². The molecule has 306 valence electrons. The molecule has 0 aliphatic carbocycles. The second kappa shape index (κ2) is 15.9. The lowest BCUT2D eigenvalue weighted by Gasteiger charge is -2.32. The molecular weight excluding hydrogens is 777 g/mol. The lowest BCUT2D eigenvalue weighted by atomic mass is 9.85. The standard InChI is InChI=1S/C60H46N4/c1-37-9-7-11-47(29-37)63(49-23-13-39(3)41(5)31-49)57-33-55(46-21-17-44(36-62)18-22-46)56-34-58(64(48-12-8-10-38(2)30-48)50-24-14-40(4)42(6)32-50)53-27-25-51(45-19-15-43(35-61)16-20-45)52-26-28-54(57)60(56)59(52)53/h7-34H,1-6H3. The summed E-state index contributed by atoms with van der Waals surface area (Å²) in [6.45, 7) is 13.0. The molecule has 4 nitrogen and oxygen atoms in total. The lowest BCUT2D eigenvalue weighted by Crippen LogP contribution is -2.13. The van der Waals surface area contributed by atoms with Crippen LogP contribution >= 0.6 is 0 Å². The van der Waals surface area contributed by atoms with E-state index in [2.05, 4.69) is 209 Å². The van der Waals surface area contributed by atoms with Gasteiger partial charge >= 0.3 is 0 Å². The van der Waals surface area contributed by atoms with Gasteiger partial charge in [-0.3, -0.25) is 0 Å². The van der Waals surface area contributed by atoms with Gasteiger partial charge in [-0.05, 0) is 193 Å². The van der Waals surface area contributed by atoms with Crippen molar-refractivity contribution in [2.75, 3.05) is 9.80 Å². The number of benzene rings is 10. The van der Waals surface area contributed by atoms with Gasteiger partial charge in [0.15, 0.2) is 0 Å². The van der Waals surface area contributed by atoms with Gasteiger partial charge in [0.2, 0.25) is 0 Å². The molecular formula is C60H46N4. The summed E-state index contributed by atoms with van der Waals surface area (Å²) in [4.78, 5) is 4.83. The fourth-order valence-electron chi connectivity index (χ4n) is 9.37. The van der Waals surface area contributed by atoms with Crippen LogP contribution in [0.2, 0.25) is 0 Å². The van der Waals surface area contributed by atoms with E-state index >= 15 is 0 Å². The van der Waals surface area contributed by atoms with Crippen molar-refractivity contribution >= 4 is 66.4 Å². The largest absolute Gasteiger partial charge is 0.310 e. The van der Waals surface area contributed by atoms with Crippen molar-refractivity contribution in [3.05, 3.63) is 214 Å². The summed E-state index contributed by atoms with van der Waals surface area (Å²) < 4.78 is 0. The van der Waals surface area contributed by atoms with Crippen LogP contribution in [0.15, 0.2) is 170 Å². The van der Waals surface area contributed by atoms with E-state index in [0.717, 1.165) is 88.7 Å². The molecule has 0 spiro atoms. The van der Waals surface area contributed by atoms with Crippen molar-refractivity contribution in [3.8, 4) is 34.4 Å². The number of aryl methyl sites for hydroxylation is 6. The van der Waals surface area contributed by atoms with Crippen LogP contribution in [0.1, 0.15) is 44.5 Å². The highest BCUT2D eigenvalue weighted by molar-refractivity contribution is 6.33. The predicted molar refractivity (Wildman–Crippen MR) is 268 cm³/mol. The van der Waals surface area contributed by atoms with Crippen molar-refractivity contribution in [1.82, 2.24) is 0 Å². The summed E-state index contributed by atoms with van der Waals surface area (Å²) >= 11 is 0. The molecule has 0 radical (unpaired) electrons. The van der Waals surface area contributed by atoms with E-state index in [0.29, 0.717) is 11.1 Å². The molecule has 4 heteroatoms. The summed E-state index contributed by atoms with van der Waals surface area (Å²) in [7, 11) is 0. The molecule has 0 heterocycles. The minimum Gasteiger partial charge on any atom is -0.310 e. The Balaban J connectivity index is 1.40. The Morgan fingerprint density at radius 1 is 0.344 bits per heavy atom. The van der Waals surface area contributed by atoms with Gasteiger partial charge in [-0.1, -0.05) is 84.9 Å². The summed E-state index contributed by atoms with van der Waals surface area (Å²) in [5, 5.41) is 26.5. The molecule has 0 saturated heterocycles. The highest BCUT2D eigenvalue weighted by Gasteiger charge is 2.26. The van der Waals surface area contributed by atoms with Gasteiger partial charge in [-0.25, -0.2) is 0 Å². The Morgan fingerprint density at radius 2 is 0.781 bits per heavy atom. The van der Waals surface area contributed by atoms with Crippen molar-refractivity contribution < 1.29 is 0 Å². The van der Waals surface area contributed by atoms with Crippen LogP contribution in [-0.2, 0) is 0 Å². The first kappa shape index (κ1) is 39.9. The topological polar surface area (TPSA) is 54.1 Å². The highest BCUT2D eigenvalue weighted by Crippen LogP contribution is 2.52. The third kappa shape index (κ3) is 6.87. The van der Waals surface area contributed by atoms with Crippen LogP contribution in [0.3, 0.4) is 0 Å². The van der Waals surface area contributed by atoms with Gasteiger partial charge in [0.25, 0.3) is 0 Å². The maximum Gasteiger partial charge on any atom is 0.0991 e. The van der Waals surface area contributed by atoms with Crippen molar-refractivity contribution in [1.29, 1.82) is 10.5 Å². The Hall–Kier alpha value is -8.18. The average molecular weight is 823 g/mol. The van der Waals surface area contributed by atoms with Crippen molar-refractivity contribution in [3.63, 3.8) is 0 Å². The van der Waals surface area contributed by atoms with E-state index < -0.39 is 0 Å². The first-order valence-electron chi connectivity index (χ1n) is 21.8. The number of hydrogen-bond acceptors (Lipinski definition) is 4. The maximum atomic E-state index is 9.93. The van der Waals surface area contributed by atoms with Crippen LogP contribution in [-0.4, -0.2) is 0 Å². The second-order valence-corrected chi connectivity index (χ2v) is 17.2. The van der Waals surface area contributed by atoms with Gasteiger partial charge < -0.3 is 9.80 Å². The third-order valence-electron chi connectivity index (χ3n) is 13.0. The number of nitrogens with zero attached hydrogens (tertiary/aromatic N) is 4. The summed E-state index contributed by atoms with van der Waals surface area (Å²) in [5.74, 6) is 0. The second-order valence-electron chi connectivity index (χ2n) is 17.2. The van der Waals surface area contributed by atoms with E-state index in [-0.39, 0.29) is 0 Å². The van der Waals surface area contributed by atoms with Gasteiger partial charge in [-0.2, -0.15) is 10.5 Å². The van der Waals surface area contributed by atoms with E-state index in [1.807, 2.05) is 24.3 Å². The molecule has 0 N–H and O–H groups in total. The van der Waals surface area contributed by atoms with Crippen molar-refractivity contribution in [2.45, 2.75) is 41.5 Å². The zero-order valence-corrected chi connectivity index (χ0v) is 37.0. The quantitative estimate of drug-likeness (QED) is 0.143. The molecule has 0 amide bonds. The molecule has 0 aliphatic heterocycles. The molecule has 10 aromatic rings. The molecule has 0 saturated carbocycles. The summed E-state index contributed by atoms with van der Waals surface area (Å²) in [5.41, 5.74) is 19.2. The number of hydrogen-bond donors (Lipinski definition) is 0. The zero-order chi connectivity index (χ0) is 44.2. The molecule has 0 bridgehead atoms. The average Bonchev–Trinajstić information content (AvgIpc) is 3.31. The van der Waals surface area contributed by atoms with E-state index in [9.17, 15) is 10.5 Å². The summed E-state index contributed by atoms with van der Waals surface area (Å²) in [6.07, 6.45) is 0. The van der Waals surface area contributed by atoms with Gasteiger partial charge in [0, 0.05) is 44.3 Å². The molecule has 0 unspecified atom stereocenters. The molecule has 64 heavy (non-hydrogen) atoms. The Labute approximate surface area is 375 Å². The van der Waals surface area contributed by atoms with Gasteiger partial charge in [-0.15, -0.1) is 0 Å². The van der Waals surface area contributed by atoms with Crippen LogP contribution < -0.4 is 9.80 Å². The van der Waals surface area contributed by atoms with Gasteiger partial charge in [0.05, 0.1) is 34.6 Å². The highest BCUT2D eigenvalue weighted by atomic mass is 15.2. The maximum absolute atomic E-state index is 9.93. The SMILES string of the molecule is Cc1cccc(N(c2ccc(C)c(C)c2)c2cc3c(-c4ccc(C#N)cc4)cc(N(c4cccc(C)c4)c4ccc(C)c(C)c4)c4ccc5c(-c6ccc(C#N)cc6)ccc2c5c34)c1. The fraction of sp³-hybridized carbons (Fsp3) is 0.100. The van der Waals surface area contributed by atoms with Crippen molar-refractivity contribution in [2.24, 2.45) is 0 Å². The van der Waals surface area contributed by atoms with Crippen LogP contribution in [0.5, 0.6) is 0 Å². The van der Waals surface area contributed by atoms with Crippen LogP contribution in [0, 0.1) is 64.2 Å². The third-order valence-corrected chi connectivity index (χ3v) is 13.0. The smallest absolute Gasteiger partial charge is 0.0991 e. The minimum absolute atomic E-state index is 0.617. The molecule has 0 fully saturated rings. The minimum atomic E-state index is 0.617. The monoisotopic (exact) mass is 822 g/mol. The first-order valence-corrected chi connectivity index (χ1v) is 21.8. The zero-order valence-electron chi connectivity index (χ0n) is 37.0. The fourth-order valence-corrected chi connectivity index (χ4v) is 9.37. The van der Waals surface area contributed by atoms with Gasteiger partial charge in [0.1, 0.15) is 0 Å². The normalized spacial score (nSPS) is 11.2. The molecule has 0 aliphatic rings. The molecule has 10 rings (SSSR count). The van der Waals surface area contributed by atoms with E-state index in [1.165, 1.54) is 33.4 Å².